The van der Waals surface area contributed by atoms with Gasteiger partial charge in [0, 0.05) is 18.5 Å². The maximum Gasteiger partial charge on any atom is 0.258 e. The van der Waals surface area contributed by atoms with E-state index in [4.69, 9.17) is 4.74 Å². The summed E-state index contributed by atoms with van der Waals surface area (Å²) in [7, 11) is 0. The van der Waals surface area contributed by atoms with E-state index in [1.54, 1.807) is 0 Å². The average molecular weight is 344 g/mol. The number of amides is 2. The molecule has 2 fully saturated rings. The monoisotopic (exact) mass is 344 g/mol. The molecule has 0 radical (unpaired) electrons. The molecule has 5 nitrogen and oxygen atoms in total. The average Bonchev–Trinajstić information content (AvgIpc) is 2.59. The van der Waals surface area contributed by atoms with Crippen molar-refractivity contribution in [3.63, 3.8) is 0 Å². The third-order valence-corrected chi connectivity index (χ3v) is 5.56. The molecular weight excluding hydrogens is 316 g/mol. The van der Waals surface area contributed by atoms with Crippen LogP contribution in [0.25, 0.3) is 0 Å². The van der Waals surface area contributed by atoms with Crippen molar-refractivity contribution in [1.82, 2.24) is 10.6 Å². The predicted octanol–water partition coefficient (Wildman–Crippen LogP) is 2.51. The Morgan fingerprint density at radius 2 is 2.04 bits per heavy atom. The van der Waals surface area contributed by atoms with Crippen LogP contribution in [0.5, 0.6) is 5.75 Å². The minimum atomic E-state index is -0.102. The molecular formula is C20H28N2O3. The number of fused-ring (bicyclic) bond motifs is 1. The molecule has 3 rings (SSSR count). The maximum absolute atomic E-state index is 12.2. The number of rotatable bonds is 5. The Bertz CT molecular complexity index is 602. The number of para-hydroxylation sites is 1. The summed E-state index contributed by atoms with van der Waals surface area (Å²) in [4.78, 5) is 24.2. The summed E-state index contributed by atoms with van der Waals surface area (Å²) in [5.41, 5.74) is 0. The van der Waals surface area contributed by atoms with Crippen molar-refractivity contribution in [3.8, 4) is 5.75 Å². The summed E-state index contributed by atoms with van der Waals surface area (Å²) in [6.45, 7) is 4.43. The Morgan fingerprint density at radius 1 is 1.28 bits per heavy atom. The second-order valence-electron chi connectivity index (χ2n) is 7.63. The molecule has 0 aromatic heterocycles. The first-order valence-corrected chi connectivity index (χ1v) is 9.29. The van der Waals surface area contributed by atoms with Crippen molar-refractivity contribution < 1.29 is 14.3 Å². The van der Waals surface area contributed by atoms with Crippen molar-refractivity contribution in [2.45, 2.75) is 51.6 Å². The van der Waals surface area contributed by atoms with Crippen LogP contribution in [-0.4, -0.2) is 30.5 Å². The highest BCUT2D eigenvalue weighted by atomic mass is 16.5. The second kappa shape index (κ2) is 7.89. The molecule has 1 heterocycles. The quantitative estimate of drug-likeness (QED) is 0.862. The lowest BCUT2D eigenvalue weighted by Crippen LogP contribution is -2.56. The lowest BCUT2D eigenvalue weighted by Gasteiger charge is -2.45. The van der Waals surface area contributed by atoms with Crippen molar-refractivity contribution in [2.24, 2.45) is 17.8 Å². The SMILES string of the molecule is CC(C)C1CC(=O)NC2CC(NC(=O)COc3ccccc3)CCC21. The number of hydrogen-bond acceptors (Lipinski definition) is 3. The topological polar surface area (TPSA) is 67.4 Å². The summed E-state index contributed by atoms with van der Waals surface area (Å²) in [5.74, 6) is 2.25. The molecule has 5 heteroatoms. The van der Waals surface area contributed by atoms with E-state index < -0.39 is 0 Å². The van der Waals surface area contributed by atoms with Gasteiger partial charge in [-0.15, -0.1) is 0 Å². The Hall–Kier alpha value is -2.04. The van der Waals surface area contributed by atoms with Crippen LogP contribution in [0.15, 0.2) is 30.3 Å². The summed E-state index contributed by atoms with van der Waals surface area (Å²) in [6.07, 6.45) is 3.48. The number of piperidine rings is 1. The summed E-state index contributed by atoms with van der Waals surface area (Å²) >= 11 is 0. The molecule has 1 aliphatic heterocycles. The highest BCUT2D eigenvalue weighted by Crippen LogP contribution is 2.38. The molecule has 1 saturated heterocycles. The van der Waals surface area contributed by atoms with E-state index in [0.29, 0.717) is 29.9 Å². The molecule has 136 valence electrons. The smallest absolute Gasteiger partial charge is 0.258 e. The van der Waals surface area contributed by atoms with Crippen molar-refractivity contribution >= 4 is 11.8 Å². The van der Waals surface area contributed by atoms with Gasteiger partial charge in [-0.2, -0.15) is 0 Å². The largest absolute Gasteiger partial charge is 0.484 e. The molecule has 0 spiro atoms. The van der Waals surface area contributed by atoms with Crippen LogP contribution in [0.4, 0.5) is 0 Å². The van der Waals surface area contributed by atoms with E-state index in [-0.39, 0.29) is 30.5 Å². The number of nitrogens with one attached hydrogen (secondary N) is 2. The second-order valence-corrected chi connectivity index (χ2v) is 7.63. The van der Waals surface area contributed by atoms with Gasteiger partial charge in [0.15, 0.2) is 6.61 Å². The van der Waals surface area contributed by atoms with Gasteiger partial charge in [-0.1, -0.05) is 32.0 Å². The standard InChI is InChI=1S/C20H28N2O3/c1-13(2)17-11-19(23)22-18-10-14(8-9-16(17)18)21-20(24)12-25-15-6-4-3-5-7-15/h3-7,13-14,16-18H,8-12H2,1-2H3,(H,21,24)(H,22,23). The lowest BCUT2D eigenvalue weighted by atomic mass is 9.67. The first-order valence-electron chi connectivity index (χ1n) is 9.29. The number of ether oxygens (including phenoxy) is 1. The molecule has 1 aromatic carbocycles. The van der Waals surface area contributed by atoms with E-state index in [1.165, 1.54) is 0 Å². The fraction of sp³-hybridized carbons (Fsp3) is 0.600. The first-order chi connectivity index (χ1) is 12.0. The summed E-state index contributed by atoms with van der Waals surface area (Å²) < 4.78 is 5.50. The van der Waals surface area contributed by atoms with Crippen LogP contribution >= 0.6 is 0 Å². The molecule has 1 aliphatic carbocycles. The number of carbonyl (C=O) groups is 2. The minimum absolute atomic E-state index is 0.0234. The van der Waals surface area contributed by atoms with Crippen LogP contribution < -0.4 is 15.4 Å². The van der Waals surface area contributed by atoms with Crippen LogP contribution in [0.1, 0.15) is 39.5 Å². The zero-order chi connectivity index (χ0) is 17.8. The molecule has 25 heavy (non-hydrogen) atoms. The fourth-order valence-corrected chi connectivity index (χ4v) is 4.30. The predicted molar refractivity (Wildman–Crippen MR) is 96.1 cm³/mol. The van der Waals surface area contributed by atoms with Crippen LogP contribution in [0.3, 0.4) is 0 Å². The van der Waals surface area contributed by atoms with E-state index >= 15 is 0 Å². The molecule has 2 aliphatic rings. The van der Waals surface area contributed by atoms with Gasteiger partial charge in [0.1, 0.15) is 5.75 Å². The third kappa shape index (κ3) is 4.53. The van der Waals surface area contributed by atoms with Crippen LogP contribution in [0, 0.1) is 17.8 Å². The number of carbonyl (C=O) groups excluding carboxylic acids is 2. The number of hydrogen-bond donors (Lipinski definition) is 2. The molecule has 1 saturated carbocycles. The molecule has 4 unspecified atom stereocenters. The van der Waals surface area contributed by atoms with E-state index in [1.807, 2.05) is 30.3 Å². The summed E-state index contributed by atoms with van der Waals surface area (Å²) in [6, 6.07) is 9.64. The van der Waals surface area contributed by atoms with Crippen molar-refractivity contribution in [3.05, 3.63) is 30.3 Å². The minimum Gasteiger partial charge on any atom is -0.484 e. The van der Waals surface area contributed by atoms with Gasteiger partial charge in [0.2, 0.25) is 5.91 Å². The van der Waals surface area contributed by atoms with Crippen LogP contribution in [0.2, 0.25) is 0 Å². The highest BCUT2D eigenvalue weighted by molar-refractivity contribution is 5.78. The maximum atomic E-state index is 12.2. The van der Waals surface area contributed by atoms with Crippen molar-refractivity contribution in [1.29, 1.82) is 0 Å². The molecule has 4 atom stereocenters. The number of benzene rings is 1. The van der Waals surface area contributed by atoms with E-state index in [0.717, 1.165) is 19.3 Å². The molecule has 0 bridgehead atoms. The molecule has 2 amide bonds. The van der Waals surface area contributed by atoms with Crippen molar-refractivity contribution in [2.75, 3.05) is 6.61 Å². The zero-order valence-electron chi connectivity index (χ0n) is 15.0. The van der Waals surface area contributed by atoms with Crippen LogP contribution in [-0.2, 0) is 9.59 Å². The van der Waals surface area contributed by atoms with Gasteiger partial charge in [0.25, 0.3) is 5.91 Å². The molecule has 2 N–H and O–H groups in total. The Morgan fingerprint density at radius 3 is 2.76 bits per heavy atom. The summed E-state index contributed by atoms with van der Waals surface area (Å²) in [5, 5.41) is 6.21. The zero-order valence-corrected chi connectivity index (χ0v) is 15.0. The van der Waals surface area contributed by atoms with Gasteiger partial charge in [-0.3, -0.25) is 9.59 Å². The van der Waals surface area contributed by atoms with Gasteiger partial charge in [0.05, 0.1) is 0 Å². The lowest BCUT2D eigenvalue weighted by molar-refractivity contribution is -0.128. The Kier molecular flexibility index (Phi) is 5.61. The van der Waals surface area contributed by atoms with Gasteiger partial charge in [-0.25, -0.2) is 0 Å². The molecule has 1 aromatic rings. The Balaban J connectivity index is 1.50. The van der Waals surface area contributed by atoms with E-state index in [2.05, 4.69) is 24.5 Å². The van der Waals surface area contributed by atoms with Gasteiger partial charge < -0.3 is 15.4 Å². The Labute approximate surface area is 149 Å². The van der Waals surface area contributed by atoms with E-state index in [9.17, 15) is 9.59 Å². The van der Waals surface area contributed by atoms with Gasteiger partial charge in [-0.05, 0) is 49.1 Å². The normalized spacial score (nSPS) is 28.8. The first kappa shape index (κ1) is 17.8. The van der Waals surface area contributed by atoms with Gasteiger partial charge >= 0.3 is 0 Å². The third-order valence-electron chi connectivity index (χ3n) is 5.56. The fourth-order valence-electron chi connectivity index (χ4n) is 4.30. The highest BCUT2D eigenvalue weighted by Gasteiger charge is 2.41.